The van der Waals surface area contributed by atoms with E-state index in [1.54, 1.807) is 22.7 Å². The zero-order chi connectivity index (χ0) is 16.2. The second-order valence-corrected chi connectivity index (χ2v) is 7.12. The van der Waals surface area contributed by atoms with E-state index in [0.717, 1.165) is 26.3 Å². The highest BCUT2D eigenvalue weighted by molar-refractivity contribution is 7.16. The molecule has 23 heavy (non-hydrogen) atoms. The largest absolute Gasteiger partial charge is 0.333 e. The average molecular weight is 348 g/mol. The van der Waals surface area contributed by atoms with E-state index >= 15 is 0 Å². The maximum atomic E-state index is 11.8. The van der Waals surface area contributed by atoms with Crippen LogP contribution in [0.25, 0.3) is 10.6 Å². The lowest BCUT2D eigenvalue weighted by molar-refractivity contribution is 0.240. The number of hydrogen-bond donors (Lipinski definition) is 3. The lowest BCUT2D eigenvalue weighted by Gasteiger charge is -2.04. The molecular weight excluding hydrogens is 332 g/mol. The van der Waals surface area contributed by atoms with Gasteiger partial charge in [0.15, 0.2) is 5.82 Å². The van der Waals surface area contributed by atoms with E-state index in [0.29, 0.717) is 18.9 Å². The van der Waals surface area contributed by atoms with Crippen molar-refractivity contribution >= 4 is 28.7 Å². The number of carbonyl (C=O) groups is 1. The molecule has 3 aromatic heterocycles. The smallest absolute Gasteiger partial charge is 0.315 e. The van der Waals surface area contributed by atoms with Crippen LogP contribution in [-0.4, -0.2) is 26.2 Å². The fraction of sp³-hybridized carbons (Fsp3) is 0.286. The lowest BCUT2D eigenvalue weighted by Crippen LogP contribution is -2.34. The minimum atomic E-state index is -0.244. The van der Waals surface area contributed by atoms with Crippen LogP contribution in [0.5, 0.6) is 0 Å². The van der Waals surface area contributed by atoms with Gasteiger partial charge < -0.3 is 10.6 Å². The van der Waals surface area contributed by atoms with Gasteiger partial charge in [-0.2, -0.15) is 5.10 Å². The summed E-state index contributed by atoms with van der Waals surface area (Å²) in [5.41, 5.74) is 0.994. The molecule has 0 atom stereocenters. The summed E-state index contributed by atoms with van der Waals surface area (Å²) in [4.78, 5) is 22.6. The van der Waals surface area contributed by atoms with E-state index < -0.39 is 0 Å². The Morgan fingerprint density at radius 1 is 1.22 bits per heavy atom. The Labute approximate surface area is 141 Å². The van der Waals surface area contributed by atoms with Crippen LogP contribution in [0.4, 0.5) is 4.79 Å². The standard InChI is InChI=1S/C14H16N6OS2/c1-8-17-13(20-19-8)6-16-14(21)15-5-10-3-4-12(23-10)11-7-22-9(2)18-11/h3-4,7H,5-6H2,1-2H3,(H2,15,16,21)(H,17,19,20). The Morgan fingerprint density at radius 3 is 2.74 bits per heavy atom. The maximum Gasteiger partial charge on any atom is 0.315 e. The minimum absolute atomic E-state index is 0.244. The number of carbonyl (C=O) groups excluding carboxylic acids is 1. The highest BCUT2D eigenvalue weighted by atomic mass is 32.1. The summed E-state index contributed by atoms with van der Waals surface area (Å²) < 4.78 is 0. The molecule has 3 aromatic rings. The predicted octanol–water partition coefficient (Wildman–Crippen LogP) is 2.61. The normalized spacial score (nSPS) is 10.7. The van der Waals surface area contributed by atoms with Crippen molar-refractivity contribution in [3.05, 3.63) is 39.0 Å². The number of H-pyrrole nitrogens is 1. The predicted molar refractivity (Wildman–Crippen MR) is 90.4 cm³/mol. The van der Waals surface area contributed by atoms with Crippen molar-refractivity contribution in [1.29, 1.82) is 0 Å². The summed E-state index contributed by atoms with van der Waals surface area (Å²) in [6, 6.07) is 3.80. The van der Waals surface area contributed by atoms with Crippen molar-refractivity contribution in [2.24, 2.45) is 0 Å². The van der Waals surface area contributed by atoms with Crippen LogP contribution >= 0.6 is 22.7 Å². The van der Waals surface area contributed by atoms with Crippen molar-refractivity contribution in [2.45, 2.75) is 26.9 Å². The van der Waals surface area contributed by atoms with Crippen LogP contribution in [0.1, 0.15) is 21.5 Å². The molecule has 0 saturated carbocycles. The van der Waals surface area contributed by atoms with Crippen LogP contribution in [0.2, 0.25) is 0 Å². The van der Waals surface area contributed by atoms with E-state index in [-0.39, 0.29) is 6.03 Å². The fourth-order valence-electron chi connectivity index (χ4n) is 1.94. The van der Waals surface area contributed by atoms with E-state index in [4.69, 9.17) is 0 Å². The van der Waals surface area contributed by atoms with Gasteiger partial charge in [0.05, 0.1) is 28.7 Å². The Morgan fingerprint density at radius 2 is 2.04 bits per heavy atom. The third-order valence-electron chi connectivity index (χ3n) is 3.01. The van der Waals surface area contributed by atoms with Crippen LogP contribution in [0.3, 0.4) is 0 Å². The van der Waals surface area contributed by atoms with Gasteiger partial charge in [0.25, 0.3) is 0 Å². The van der Waals surface area contributed by atoms with Gasteiger partial charge in [-0.15, -0.1) is 22.7 Å². The number of rotatable bonds is 5. The number of aromatic nitrogens is 4. The Kier molecular flexibility index (Phi) is 4.68. The average Bonchev–Trinajstić information content (AvgIpc) is 3.24. The molecule has 0 unspecified atom stereocenters. The first-order chi connectivity index (χ1) is 11.1. The van der Waals surface area contributed by atoms with Crippen LogP contribution in [0.15, 0.2) is 17.5 Å². The van der Waals surface area contributed by atoms with Crippen molar-refractivity contribution in [1.82, 2.24) is 30.8 Å². The third kappa shape index (κ3) is 4.14. The molecule has 2 amide bonds. The first kappa shape index (κ1) is 15.6. The van der Waals surface area contributed by atoms with Gasteiger partial charge in [0.1, 0.15) is 5.82 Å². The van der Waals surface area contributed by atoms with E-state index in [1.165, 1.54) is 0 Å². The number of hydrogen-bond acceptors (Lipinski definition) is 6. The van der Waals surface area contributed by atoms with Gasteiger partial charge in [-0.3, -0.25) is 5.10 Å². The molecule has 0 aliphatic rings. The first-order valence-electron chi connectivity index (χ1n) is 7.01. The molecule has 3 N–H and O–H groups in total. The second kappa shape index (κ2) is 6.88. The number of nitrogens with zero attached hydrogens (tertiary/aromatic N) is 3. The summed E-state index contributed by atoms with van der Waals surface area (Å²) in [6.07, 6.45) is 0. The monoisotopic (exact) mass is 348 g/mol. The first-order valence-corrected chi connectivity index (χ1v) is 8.70. The van der Waals surface area contributed by atoms with Crippen molar-refractivity contribution in [3.8, 4) is 10.6 Å². The number of aryl methyl sites for hydroxylation is 2. The Bertz CT molecular complexity index is 806. The molecule has 0 radical (unpaired) electrons. The molecule has 3 rings (SSSR count). The van der Waals surface area contributed by atoms with Crippen molar-refractivity contribution < 1.29 is 4.79 Å². The summed E-state index contributed by atoms with van der Waals surface area (Å²) >= 11 is 3.27. The minimum Gasteiger partial charge on any atom is -0.333 e. The van der Waals surface area contributed by atoms with E-state index in [1.807, 2.05) is 31.4 Å². The SMILES string of the molecule is Cc1nc(CNC(=O)NCc2ccc(-c3csc(C)n3)s2)n[nH]1. The number of thiazole rings is 1. The topological polar surface area (TPSA) is 95.6 Å². The lowest BCUT2D eigenvalue weighted by atomic mass is 10.3. The zero-order valence-electron chi connectivity index (χ0n) is 12.7. The van der Waals surface area contributed by atoms with Gasteiger partial charge in [-0.1, -0.05) is 0 Å². The van der Waals surface area contributed by atoms with Gasteiger partial charge in [0.2, 0.25) is 0 Å². The van der Waals surface area contributed by atoms with Crippen molar-refractivity contribution in [2.75, 3.05) is 0 Å². The highest BCUT2D eigenvalue weighted by Crippen LogP contribution is 2.28. The molecule has 3 heterocycles. The maximum absolute atomic E-state index is 11.8. The molecule has 0 spiro atoms. The Balaban J connectivity index is 1.48. The highest BCUT2D eigenvalue weighted by Gasteiger charge is 2.08. The molecule has 0 saturated heterocycles. The molecular formula is C14H16N6OS2. The van der Waals surface area contributed by atoms with Gasteiger partial charge in [-0.25, -0.2) is 14.8 Å². The number of amides is 2. The van der Waals surface area contributed by atoms with Gasteiger partial charge in [-0.05, 0) is 26.0 Å². The molecule has 0 fully saturated rings. The van der Waals surface area contributed by atoms with Gasteiger partial charge >= 0.3 is 6.03 Å². The molecule has 0 aliphatic carbocycles. The summed E-state index contributed by atoms with van der Waals surface area (Å²) in [6.45, 7) is 4.58. The van der Waals surface area contributed by atoms with E-state index in [9.17, 15) is 4.79 Å². The van der Waals surface area contributed by atoms with Gasteiger partial charge in [0, 0.05) is 10.3 Å². The Hall–Kier alpha value is -2.26. The molecule has 9 heteroatoms. The van der Waals surface area contributed by atoms with Crippen LogP contribution in [0, 0.1) is 13.8 Å². The van der Waals surface area contributed by atoms with Crippen LogP contribution < -0.4 is 10.6 Å². The zero-order valence-corrected chi connectivity index (χ0v) is 14.3. The van der Waals surface area contributed by atoms with Crippen molar-refractivity contribution in [3.63, 3.8) is 0 Å². The fourth-order valence-corrected chi connectivity index (χ4v) is 3.54. The quantitative estimate of drug-likeness (QED) is 0.660. The molecule has 0 bridgehead atoms. The molecule has 120 valence electrons. The number of urea groups is 1. The number of nitrogens with one attached hydrogen (secondary N) is 3. The summed E-state index contributed by atoms with van der Waals surface area (Å²) in [7, 11) is 0. The molecule has 7 nitrogen and oxygen atoms in total. The molecule has 0 aromatic carbocycles. The summed E-state index contributed by atoms with van der Waals surface area (Å²) in [5.74, 6) is 1.29. The number of thiophene rings is 1. The molecule has 0 aliphatic heterocycles. The van der Waals surface area contributed by atoms with E-state index in [2.05, 4.69) is 30.8 Å². The number of aromatic amines is 1. The second-order valence-electron chi connectivity index (χ2n) is 4.89. The summed E-state index contributed by atoms with van der Waals surface area (Å²) in [5, 5.41) is 15.3. The van der Waals surface area contributed by atoms with Crippen LogP contribution in [-0.2, 0) is 13.1 Å². The third-order valence-corrected chi connectivity index (χ3v) is 4.89.